The number of amides is 1. The zero-order chi connectivity index (χ0) is 27.3. The predicted octanol–water partition coefficient (Wildman–Crippen LogP) is 1.73. The second kappa shape index (κ2) is 12.6. The number of phenolic OH excluding ortho intramolecular Hbond substituents is 1. The normalized spacial score (nSPS) is 24.2. The first-order chi connectivity index (χ1) is 17.5. The largest absolute Gasteiger partial charge is 0.508 e. The molecule has 5 atom stereocenters. The molecule has 1 heterocycles. The Balaban J connectivity index is 1.66. The van der Waals surface area contributed by atoms with Crippen LogP contribution in [0.4, 0.5) is 0 Å². The summed E-state index contributed by atoms with van der Waals surface area (Å²) < 4.78 is 0. The zero-order valence-electron chi connectivity index (χ0n) is 21.6. The molecule has 0 unspecified atom stereocenters. The number of carbonyl (C=O) groups excluding carboxylic acids is 1. The summed E-state index contributed by atoms with van der Waals surface area (Å²) in [6.45, 7) is 4.98. The summed E-state index contributed by atoms with van der Waals surface area (Å²) in [5.74, 6) is -0.0808. The molecule has 9 heteroatoms. The van der Waals surface area contributed by atoms with Gasteiger partial charge in [0.05, 0.1) is 41.5 Å². The molecule has 1 fully saturated rings. The number of hydrogen-bond acceptors (Lipinski definition) is 8. The van der Waals surface area contributed by atoms with Gasteiger partial charge in [0.15, 0.2) is 0 Å². The number of hydrogen-bond donors (Lipinski definition) is 7. The van der Waals surface area contributed by atoms with E-state index in [9.17, 15) is 35.4 Å². The summed E-state index contributed by atoms with van der Waals surface area (Å²) in [5.41, 5.74) is 3.85. The van der Waals surface area contributed by atoms with Crippen molar-refractivity contribution in [2.75, 3.05) is 13.2 Å². The number of thioether (sulfide) groups is 1. The van der Waals surface area contributed by atoms with Crippen molar-refractivity contribution in [1.29, 1.82) is 0 Å². The quantitative estimate of drug-likeness (QED) is 0.244. The lowest BCUT2D eigenvalue weighted by Crippen LogP contribution is -2.51. The van der Waals surface area contributed by atoms with Crippen molar-refractivity contribution >= 4 is 17.7 Å². The summed E-state index contributed by atoms with van der Waals surface area (Å²) in [7, 11) is 0. The van der Waals surface area contributed by atoms with Gasteiger partial charge in [-0.2, -0.15) is 0 Å². The molecular formula is C28H39NO7S. The highest BCUT2D eigenvalue weighted by Gasteiger charge is 2.44. The van der Waals surface area contributed by atoms with Crippen LogP contribution in [0.5, 0.6) is 5.75 Å². The van der Waals surface area contributed by atoms with Gasteiger partial charge in [-0.05, 0) is 68.4 Å². The fraction of sp³-hybridized carbons (Fsp3) is 0.536. The number of aliphatic hydroxyl groups excluding tert-OH is 5. The molecular weight excluding hydrogens is 494 g/mol. The number of carbonyl (C=O) groups is 1. The van der Waals surface area contributed by atoms with Crippen LogP contribution in [0.3, 0.4) is 0 Å². The van der Waals surface area contributed by atoms with E-state index < -0.39 is 34.4 Å². The van der Waals surface area contributed by atoms with E-state index in [0.29, 0.717) is 24.8 Å². The molecule has 204 valence electrons. The Morgan fingerprint density at radius 2 is 1.65 bits per heavy atom. The topological polar surface area (TPSA) is 150 Å². The highest BCUT2D eigenvalue weighted by Crippen LogP contribution is 2.46. The van der Waals surface area contributed by atoms with Crippen molar-refractivity contribution in [2.24, 2.45) is 0 Å². The minimum Gasteiger partial charge on any atom is -0.508 e. The summed E-state index contributed by atoms with van der Waals surface area (Å²) >= 11 is 1.14. The lowest BCUT2D eigenvalue weighted by atomic mass is 9.92. The number of phenols is 1. The summed E-state index contributed by atoms with van der Waals surface area (Å²) in [5, 5.41) is 61.9. The molecule has 8 nitrogen and oxygen atoms in total. The Labute approximate surface area is 222 Å². The maximum atomic E-state index is 12.1. The Morgan fingerprint density at radius 3 is 2.27 bits per heavy atom. The molecule has 0 spiro atoms. The summed E-state index contributed by atoms with van der Waals surface area (Å²) in [6.07, 6.45) is -1.54. The highest BCUT2D eigenvalue weighted by atomic mass is 32.2. The number of rotatable bonds is 10. The molecule has 2 aromatic rings. The van der Waals surface area contributed by atoms with Gasteiger partial charge in [0.25, 0.3) is 0 Å². The molecule has 1 aliphatic rings. The van der Waals surface area contributed by atoms with Gasteiger partial charge in [-0.25, -0.2) is 0 Å². The number of benzene rings is 2. The lowest BCUT2D eigenvalue weighted by Gasteiger charge is -2.40. The Bertz CT molecular complexity index is 1060. The van der Waals surface area contributed by atoms with Crippen LogP contribution in [0.2, 0.25) is 0 Å². The average molecular weight is 534 g/mol. The first-order valence-electron chi connectivity index (χ1n) is 12.6. The molecule has 7 N–H and O–H groups in total. The van der Waals surface area contributed by atoms with Crippen LogP contribution >= 0.6 is 11.8 Å². The molecule has 1 amide bonds. The first-order valence-corrected chi connectivity index (χ1v) is 13.5. The predicted molar refractivity (Wildman–Crippen MR) is 144 cm³/mol. The maximum absolute atomic E-state index is 12.1. The second-order valence-electron chi connectivity index (χ2n) is 10.5. The van der Waals surface area contributed by atoms with Gasteiger partial charge in [-0.1, -0.05) is 30.3 Å². The van der Waals surface area contributed by atoms with Crippen molar-refractivity contribution in [3.8, 4) is 5.75 Å². The van der Waals surface area contributed by atoms with E-state index in [0.717, 1.165) is 40.4 Å². The summed E-state index contributed by atoms with van der Waals surface area (Å²) in [6, 6.07) is 11.6. The van der Waals surface area contributed by atoms with E-state index in [1.165, 1.54) is 0 Å². The first kappa shape index (κ1) is 29.4. The van der Waals surface area contributed by atoms with Crippen LogP contribution in [0.15, 0.2) is 36.4 Å². The van der Waals surface area contributed by atoms with Gasteiger partial charge in [-0.15, -0.1) is 11.8 Å². The molecule has 0 bridgehead atoms. The number of aryl methyl sites for hydroxylation is 2. The van der Waals surface area contributed by atoms with Gasteiger partial charge in [0, 0.05) is 12.0 Å². The van der Waals surface area contributed by atoms with Gasteiger partial charge < -0.3 is 36.0 Å². The van der Waals surface area contributed by atoms with E-state index >= 15 is 0 Å². The fourth-order valence-corrected chi connectivity index (χ4v) is 5.95. The van der Waals surface area contributed by atoms with Crippen LogP contribution in [-0.2, 0) is 17.6 Å². The third-order valence-electron chi connectivity index (χ3n) is 6.84. The van der Waals surface area contributed by atoms with Gasteiger partial charge in [0.2, 0.25) is 5.91 Å². The van der Waals surface area contributed by atoms with Crippen LogP contribution in [-0.4, -0.2) is 78.9 Å². The van der Waals surface area contributed by atoms with Crippen LogP contribution < -0.4 is 5.32 Å². The molecule has 0 saturated carbocycles. The summed E-state index contributed by atoms with van der Waals surface area (Å²) in [4.78, 5) is 12.1. The van der Waals surface area contributed by atoms with E-state index in [2.05, 4.69) is 5.32 Å². The minimum absolute atomic E-state index is 0.000148. The van der Waals surface area contributed by atoms with Crippen LogP contribution in [0.25, 0.3) is 0 Å². The van der Waals surface area contributed by atoms with Crippen molar-refractivity contribution < 1.29 is 35.4 Å². The number of aromatic hydroxyl groups is 1. The Morgan fingerprint density at radius 1 is 1.00 bits per heavy atom. The zero-order valence-corrected chi connectivity index (χ0v) is 22.4. The van der Waals surface area contributed by atoms with Crippen LogP contribution in [0.1, 0.15) is 59.8 Å². The van der Waals surface area contributed by atoms with Gasteiger partial charge >= 0.3 is 0 Å². The molecule has 1 aliphatic heterocycles. The second-order valence-corrected chi connectivity index (χ2v) is 11.9. The molecule has 0 radical (unpaired) electrons. The van der Waals surface area contributed by atoms with E-state index in [-0.39, 0.29) is 24.9 Å². The number of nitrogens with one attached hydrogen (secondary N) is 1. The SMILES string of the molecule is Cc1cc(O)c([C@@H]2S[C@H](CO)[C@@H](O)[C@H](O)[C@H]2O)cc1Cc1ccc(CCCC(=O)NC(C)(C)CO)cc1. The fourth-order valence-electron chi connectivity index (χ4n) is 4.51. The monoisotopic (exact) mass is 533 g/mol. The van der Waals surface area contributed by atoms with Crippen molar-refractivity contribution in [2.45, 2.75) is 80.8 Å². The average Bonchev–Trinajstić information content (AvgIpc) is 2.85. The van der Waals surface area contributed by atoms with Crippen molar-refractivity contribution in [1.82, 2.24) is 5.32 Å². The van der Waals surface area contributed by atoms with E-state index in [4.69, 9.17) is 0 Å². The van der Waals surface area contributed by atoms with Gasteiger partial charge in [0.1, 0.15) is 11.9 Å². The minimum atomic E-state index is -1.42. The van der Waals surface area contributed by atoms with Crippen LogP contribution in [0, 0.1) is 6.92 Å². The smallest absolute Gasteiger partial charge is 0.220 e. The van der Waals surface area contributed by atoms with Crippen molar-refractivity contribution in [3.05, 3.63) is 64.2 Å². The van der Waals surface area contributed by atoms with E-state index in [1.54, 1.807) is 19.9 Å². The Kier molecular flexibility index (Phi) is 10.0. The third kappa shape index (κ3) is 7.46. The number of aliphatic hydroxyl groups is 5. The standard InChI is InChI=1S/C28H39NO7S/c1-16-11-21(32)20(27-26(36)25(35)24(34)22(14-30)37-27)13-19(16)12-18-9-7-17(8-10-18)5-4-6-23(33)29-28(2,3)15-31/h7-11,13,22,24-27,30-32,34-36H,4-6,12,14-15H2,1-3H3,(H,29,33)/t22-,24-,25+,26-,27+/m1/s1. The highest BCUT2D eigenvalue weighted by molar-refractivity contribution is 8.00. The molecule has 0 aromatic heterocycles. The van der Waals surface area contributed by atoms with Crippen molar-refractivity contribution in [3.63, 3.8) is 0 Å². The van der Waals surface area contributed by atoms with E-state index in [1.807, 2.05) is 37.3 Å². The molecule has 2 aromatic carbocycles. The third-order valence-corrected chi connectivity index (χ3v) is 8.45. The maximum Gasteiger partial charge on any atom is 0.220 e. The molecule has 1 saturated heterocycles. The van der Waals surface area contributed by atoms with Gasteiger partial charge in [-0.3, -0.25) is 4.79 Å². The molecule has 3 rings (SSSR count). The Hall–Kier alpha value is -2.14. The molecule has 0 aliphatic carbocycles. The molecule has 37 heavy (non-hydrogen) atoms. The lowest BCUT2D eigenvalue weighted by molar-refractivity contribution is -0.123.